The van der Waals surface area contributed by atoms with Gasteiger partial charge in [0, 0.05) is 11.7 Å². The van der Waals surface area contributed by atoms with Crippen LogP contribution < -0.4 is 5.32 Å². The number of allylic oxidation sites excluding steroid dienone is 1. The third-order valence-corrected chi connectivity index (χ3v) is 3.35. The van der Waals surface area contributed by atoms with E-state index in [-0.39, 0.29) is 22.3 Å². The van der Waals surface area contributed by atoms with Gasteiger partial charge in [-0.25, -0.2) is 0 Å². The van der Waals surface area contributed by atoms with E-state index in [2.05, 4.69) is 22.8 Å². The molecule has 3 heteroatoms. The fourth-order valence-corrected chi connectivity index (χ4v) is 2.22. The number of hydrogen-bond donors (Lipinski definition) is 1. The number of carbonyl (C=O) groups excluding carboxylic acids is 1. The lowest BCUT2D eigenvalue weighted by Crippen LogP contribution is -2.27. The van der Waals surface area contributed by atoms with E-state index in [1.807, 2.05) is 13.8 Å². The van der Waals surface area contributed by atoms with Crippen LogP contribution in [0.5, 0.6) is 0 Å². The summed E-state index contributed by atoms with van der Waals surface area (Å²) in [7, 11) is 0.268. The molecular formula is C9H15NOS. The third kappa shape index (κ3) is 2.81. The molecule has 1 aliphatic rings. The van der Waals surface area contributed by atoms with Crippen molar-refractivity contribution in [3.63, 3.8) is 0 Å². The molecule has 0 aromatic carbocycles. The first-order valence-corrected chi connectivity index (χ1v) is 5.77. The van der Waals surface area contributed by atoms with Crippen LogP contribution in [-0.4, -0.2) is 22.9 Å². The Labute approximate surface area is 76.0 Å². The quantitative estimate of drug-likeness (QED) is 0.661. The van der Waals surface area contributed by atoms with Gasteiger partial charge in [0.1, 0.15) is 0 Å². The SMILES string of the molecule is CC(C)C(=O)NCS1=CC=CC1. The van der Waals surface area contributed by atoms with Gasteiger partial charge in [-0.2, -0.15) is 10.5 Å². The highest BCUT2D eigenvalue weighted by atomic mass is 32.2. The van der Waals surface area contributed by atoms with Crippen molar-refractivity contribution < 1.29 is 4.79 Å². The Bertz CT molecular complexity index is 231. The molecule has 1 unspecified atom stereocenters. The summed E-state index contributed by atoms with van der Waals surface area (Å²) in [6, 6.07) is 0. The molecule has 0 aromatic heterocycles. The van der Waals surface area contributed by atoms with Gasteiger partial charge in [0.05, 0.1) is 5.88 Å². The second-order valence-electron chi connectivity index (χ2n) is 3.11. The number of carbonyl (C=O) groups is 1. The molecule has 0 saturated heterocycles. The highest BCUT2D eigenvalue weighted by molar-refractivity contribution is 8.15. The fourth-order valence-electron chi connectivity index (χ4n) is 0.876. The third-order valence-electron chi connectivity index (χ3n) is 1.67. The lowest BCUT2D eigenvalue weighted by Gasteiger charge is -2.08. The Hall–Kier alpha value is -0.570. The zero-order valence-corrected chi connectivity index (χ0v) is 8.36. The number of rotatable bonds is 3. The second-order valence-corrected chi connectivity index (χ2v) is 5.08. The van der Waals surface area contributed by atoms with Crippen molar-refractivity contribution in [3.05, 3.63) is 12.2 Å². The van der Waals surface area contributed by atoms with Gasteiger partial charge in [0.2, 0.25) is 5.91 Å². The summed E-state index contributed by atoms with van der Waals surface area (Å²) in [6.07, 6.45) is 4.22. The molecule has 0 aliphatic carbocycles. The molecule has 1 heterocycles. The number of hydrogen-bond acceptors (Lipinski definition) is 1. The van der Waals surface area contributed by atoms with Crippen LogP contribution >= 0.6 is 10.5 Å². The largest absolute Gasteiger partial charge is 0.347 e. The van der Waals surface area contributed by atoms with Crippen LogP contribution in [0.15, 0.2) is 12.2 Å². The average Bonchev–Trinajstić information content (AvgIpc) is 2.51. The van der Waals surface area contributed by atoms with Gasteiger partial charge < -0.3 is 5.32 Å². The maximum atomic E-state index is 11.2. The molecule has 0 radical (unpaired) electrons. The van der Waals surface area contributed by atoms with E-state index in [1.54, 1.807) is 0 Å². The summed E-state index contributed by atoms with van der Waals surface area (Å²) in [5.41, 5.74) is 0. The van der Waals surface area contributed by atoms with E-state index in [1.165, 1.54) is 0 Å². The zero-order chi connectivity index (χ0) is 8.97. The summed E-state index contributed by atoms with van der Waals surface area (Å²) >= 11 is 0. The van der Waals surface area contributed by atoms with Crippen LogP contribution in [0.2, 0.25) is 0 Å². The van der Waals surface area contributed by atoms with E-state index in [4.69, 9.17) is 0 Å². The first-order chi connectivity index (χ1) is 5.70. The molecule has 68 valence electrons. The predicted molar refractivity (Wildman–Crippen MR) is 55.5 cm³/mol. The van der Waals surface area contributed by atoms with Crippen molar-refractivity contribution in [1.82, 2.24) is 5.32 Å². The average molecular weight is 185 g/mol. The summed E-state index contributed by atoms with van der Waals surface area (Å²) in [4.78, 5) is 11.2. The molecule has 12 heavy (non-hydrogen) atoms. The Morgan fingerprint density at radius 2 is 2.42 bits per heavy atom. The lowest BCUT2D eigenvalue weighted by atomic mass is 10.2. The number of nitrogens with one attached hydrogen (secondary N) is 1. The molecule has 1 rings (SSSR count). The van der Waals surface area contributed by atoms with E-state index < -0.39 is 0 Å². The number of amides is 1. The molecule has 0 saturated carbocycles. The van der Waals surface area contributed by atoms with Crippen molar-refractivity contribution in [3.8, 4) is 0 Å². The molecule has 2 nitrogen and oxygen atoms in total. The van der Waals surface area contributed by atoms with Crippen LogP contribution in [0.4, 0.5) is 0 Å². The molecule has 1 aliphatic heterocycles. The van der Waals surface area contributed by atoms with Crippen LogP contribution in [0.1, 0.15) is 13.8 Å². The molecule has 0 aromatic rings. The van der Waals surface area contributed by atoms with Gasteiger partial charge >= 0.3 is 0 Å². The van der Waals surface area contributed by atoms with E-state index in [9.17, 15) is 4.79 Å². The van der Waals surface area contributed by atoms with Crippen molar-refractivity contribution in [2.24, 2.45) is 5.92 Å². The minimum atomic E-state index is 0.101. The van der Waals surface area contributed by atoms with Gasteiger partial charge in [-0.3, -0.25) is 4.79 Å². The van der Waals surface area contributed by atoms with Crippen LogP contribution in [0.3, 0.4) is 0 Å². The normalized spacial score (nSPS) is 21.1. The minimum absolute atomic E-state index is 0.101. The first-order valence-electron chi connectivity index (χ1n) is 4.14. The molecule has 0 fully saturated rings. The van der Waals surface area contributed by atoms with Gasteiger partial charge in [0.25, 0.3) is 0 Å². The Morgan fingerprint density at radius 1 is 1.67 bits per heavy atom. The van der Waals surface area contributed by atoms with Gasteiger partial charge in [-0.05, 0) is 5.37 Å². The lowest BCUT2D eigenvalue weighted by molar-refractivity contribution is -0.123. The topological polar surface area (TPSA) is 29.1 Å². The summed E-state index contributed by atoms with van der Waals surface area (Å²) < 4.78 is 0. The zero-order valence-electron chi connectivity index (χ0n) is 7.54. The first kappa shape index (κ1) is 9.52. The fraction of sp³-hybridized carbons (Fsp3) is 0.556. The van der Waals surface area contributed by atoms with Crippen molar-refractivity contribution in [2.45, 2.75) is 13.8 Å². The predicted octanol–water partition coefficient (Wildman–Crippen LogP) is 1.36. The maximum Gasteiger partial charge on any atom is 0.223 e. The Balaban J connectivity index is 2.22. The summed E-state index contributed by atoms with van der Waals surface area (Å²) in [6.45, 7) is 3.82. The maximum absolute atomic E-state index is 11.2. The van der Waals surface area contributed by atoms with E-state index in [0.717, 1.165) is 11.6 Å². The molecular weight excluding hydrogens is 170 g/mol. The van der Waals surface area contributed by atoms with E-state index >= 15 is 0 Å². The monoisotopic (exact) mass is 185 g/mol. The summed E-state index contributed by atoms with van der Waals surface area (Å²) in [5.74, 6) is 2.16. The molecule has 0 spiro atoms. The van der Waals surface area contributed by atoms with Crippen LogP contribution in [0.25, 0.3) is 0 Å². The van der Waals surface area contributed by atoms with Crippen molar-refractivity contribution in [1.29, 1.82) is 0 Å². The summed E-state index contributed by atoms with van der Waals surface area (Å²) in [5, 5.41) is 5.09. The standard InChI is InChI=1S/C9H15NOS/c1-8(2)9(11)10-7-12-5-3-4-6-12/h3-5,8H,6-7H2,1-2H3,(H,10,11). The highest BCUT2D eigenvalue weighted by Gasteiger charge is 2.06. The van der Waals surface area contributed by atoms with Crippen LogP contribution in [-0.2, 0) is 4.79 Å². The van der Waals surface area contributed by atoms with Crippen molar-refractivity contribution in [2.75, 3.05) is 11.6 Å². The Kier molecular flexibility index (Phi) is 3.53. The smallest absolute Gasteiger partial charge is 0.223 e. The molecule has 1 atom stereocenters. The second kappa shape index (κ2) is 4.45. The molecule has 1 N–H and O–H groups in total. The van der Waals surface area contributed by atoms with Crippen molar-refractivity contribution >= 4 is 21.8 Å². The Morgan fingerprint density at radius 3 is 2.92 bits per heavy atom. The van der Waals surface area contributed by atoms with Gasteiger partial charge in [0.15, 0.2) is 0 Å². The van der Waals surface area contributed by atoms with E-state index in [0.29, 0.717) is 0 Å². The molecule has 0 bridgehead atoms. The minimum Gasteiger partial charge on any atom is -0.347 e. The highest BCUT2D eigenvalue weighted by Crippen LogP contribution is 2.14. The van der Waals surface area contributed by atoms with Gasteiger partial charge in [-0.15, -0.1) is 0 Å². The molecule has 1 amide bonds. The van der Waals surface area contributed by atoms with Crippen LogP contribution in [0, 0.1) is 5.92 Å². The van der Waals surface area contributed by atoms with Gasteiger partial charge in [-0.1, -0.05) is 26.0 Å².